The Balaban J connectivity index is 1.16. The van der Waals surface area contributed by atoms with Crippen LogP contribution in [0.1, 0.15) is 122 Å². The molecule has 8 rings (SSSR count). The number of para-hydroxylation sites is 1. The van der Waals surface area contributed by atoms with Crippen LogP contribution in [0.25, 0.3) is 21.0 Å². The molecule has 1 unspecified atom stereocenters. The SMILES string of the molecule is CCCC[C@H]1C(=O)N(C)[C@@H](C)C(=O)N[C@@H](CCCNC(=N)N)C(=O)NC(C(=O)NCC(N)=O)CSCC(=O)N[C@@H](Cc2ccc(O)cc2)C(=O)N(C)[C@@H](C)C(=O)N[C@@H](CC(N)=O)C(=O)N2CCC[C@H]2C(=O)N[C@@H](CO)C(=O)N[C@@H](CC(C)C)C(=O)N2CCC[C@H]2C(=O)N[C@@H](Cc2c[nH]c3ccccc23)C(=O)N[C@@H](CO)C(=O)N[C@@H](Cc2csc3ccccc23)C(=O)N1C. The lowest BCUT2D eigenvalue weighted by atomic mass is 10.0. The molecule has 5 aromatic rings. The summed E-state index contributed by atoms with van der Waals surface area (Å²) in [5, 5.41) is 71.5. The molecule has 5 heterocycles. The van der Waals surface area contributed by atoms with Gasteiger partial charge in [0.25, 0.3) is 0 Å². The zero-order valence-corrected chi connectivity index (χ0v) is 74.5. The number of primary amides is 2. The molecule has 3 fully saturated rings. The highest BCUT2D eigenvalue weighted by Gasteiger charge is 2.45. The van der Waals surface area contributed by atoms with Gasteiger partial charge in [0.15, 0.2) is 5.96 Å². The zero-order valence-electron chi connectivity index (χ0n) is 72.9. The van der Waals surface area contributed by atoms with E-state index in [1.165, 1.54) is 75.5 Å². The van der Waals surface area contributed by atoms with Gasteiger partial charge in [0.05, 0.1) is 31.9 Å². The minimum absolute atomic E-state index is 0.000361. The average Bonchev–Trinajstić information content (AvgIpc) is 1.61. The van der Waals surface area contributed by atoms with Crippen LogP contribution in [0.15, 0.2) is 84.4 Å². The highest BCUT2D eigenvalue weighted by Crippen LogP contribution is 2.30. The number of aromatic nitrogens is 1. The number of guanidine groups is 1. The first-order valence-electron chi connectivity index (χ1n) is 42.5. The van der Waals surface area contributed by atoms with Gasteiger partial charge in [0.2, 0.25) is 100 Å². The minimum atomic E-state index is -1.84. The fraction of sp³-hybridized carbons (Fsp3) is 0.529. The van der Waals surface area contributed by atoms with Crippen LogP contribution < -0.4 is 75.7 Å². The number of aromatic hydroxyl groups is 1. The number of nitrogens with two attached hydrogens (primary N) is 3. The van der Waals surface area contributed by atoms with E-state index in [0.29, 0.717) is 45.8 Å². The van der Waals surface area contributed by atoms with Gasteiger partial charge in [0.1, 0.15) is 90.3 Å². The van der Waals surface area contributed by atoms with Crippen molar-refractivity contribution in [2.24, 2.45) is 23.1 Å². The Bertz CT molecular complexity index is 4860. The number of hydrogen-bond acceptors (Lipinski definition) is 23. The first-order chi connectivity index (χ1) is 60.8. The second-order valence-corrected chi connectivity index (χ2v) is 34.5. The van der Waals surface area contributed by atoms with Crippen molar-refractivity contribution in [3.05, 3.63) is 101 Å². The van der Waals surface area contributed by atoms with Crippen molar-refractivity contribution in [3.63, 3.8) is 0 Å². The molecule has 696 valence electrons. The molecular formula is C85H119N21O20S2. The number of thioether (sulfide) groups is 1. The maximum atomic E-state index is 15.5. The number of phenolic OH excluding ortho intramolecular Hbond substituents is 1. The number of thiophene rings is 1. The molecule has 128 heavy (non-hydrogen) atoms. The van der Waals surface area contributed by atoms with E-state index in [2.05, 4.69) is 63.5 Å². The van der Waals surface area contributed by atoms with Crippen LogP contribution >= 0.6 is 23.1 Å². The number of fused-ring (bicyclic) bond motifs is 4. The third-order valence-corrected chi connectivity index (χ3v) is 24.8. The van der Waals surface area contributed by atoms with Gasteiger partial charge in [-0.05, 0) is 123 Å². The van der Waals surface area contributed by atoms with Crippen LogP contribution in [0.4, 0.5) is 0 Å². The quantitative estimate of drug-likeness (QED) is 0.0183. The number of hydrogen-bond donors (Lipinski definition) is 19. The predicted molar refractivity (Wildman–Crippen MR) is 473 cm³/mol. The molecule has 3 aliphatic rings. The summed E-state index contributed by atoms with van der Waals surface area (Å²) < 4.78 is 0.818. The highest BCUT2D eigenvalue weighted by molar-refractivity contribution is 8.00. The van der Waals surface area contributed by atoms with Crippen LogP contribution in [-0.4, -0.2) is 308 Å². The molecule has 3 saturated heterocycles. The number of unbranched alkanes of at least 4 members (excludes halogenated alkanes) is 1. The van der Waals surface area contributed by atoms with E-state index < -0.39 is 229 Å². The number of benzene rings is 3. The number of aromatic amines is 1. The van der Waals surface area contributed by atoms with Crippen LogP contribution in [0.2, 0.25) is 0 Å². The number of nitrogens with one attached hydrogen (secondary N) is 13. The summed E-state index contributed by atoms with van der Waals surface area (Å²) in [5.74, 6) is -17.9. The van der Waals surface area contributed by atoms with Gasteiger partial charge in [-0.1, -0.05) is 82.1 Å². The molecular weight excluding hydrogens is 1700 g/mol. The van der Waals surface area contributed by atoms with Gasteiger partial charge in [-0.3, -0.25) is 86.9 Å². The summed E-state index contributed by atoms with van der Waals surface area (Å²) in [7, 11) is 3.83. The second kappa shape index (κ2) is 47.9. The predicted octanol–water partition coefficient (Wildman–Crippen LogP) is -3.31. The lowest BCUT2D eigenvalue weighted by molar-refractivity contribution is -0.149. The minimum Gasteiger partial charge on any atom is -0.508 e. The second-order valence-electron chi connectivity index (χ2n) is 32.6. The molecule has 0 spiro atoms. The molecule has 14 atom stereocenters. The normalized spacial score (nSPS) is 24.9. The molecule has 0 bridgehead atoms. The van der Waals surface area contributed by atoms with E-state index in [4.69, 9.17) is 22.6 Å². The number of aliphatic hydroxyl groups is 2. The number of aliphatic hydroxyl groups excluding tert-OH is 2. The van der Waals surface area contributed by atoms with Crippen molar-refractivity contribution in [2.45, 2.75) is 209 Å². The number of amides is 17. The summed E-state index contributed by atoms with van der Waals surface area (Å²) in [6, 6.07) is -1.76. The number of rotatable bonds is 22. The summed E-state index contributed by atoms with van der Waals surface area (Å²) in [6.07, 6.45) is 1.11. The van der Waals surface area contributed by atoms with Gasteiger partial charge in [-0.25, -0.2) is 0 Å². The Morgan fingerprint density at radius 3 is 1.65 bits per heavy atom. The van der Waals surface area contributed by atoms with E-state index in [1.807, 2.05) is 25.1 Å². The lowest BCUT2D eigenvalue weighted by Gasteiger charge is -2.35. The Morgan fingerprint density at radius 2 is 1.05 bits per heavy atom. The number of carbonyl (C=O) groups is 17. The summed E-state index contributed by atoms with van der Waals surface area (Å²) in [4.78, 5) is 255. The Labute approximate surface area is 748 Å². The Morgan fingerprint density at radius 1 is 0.539 bits per heavy atom. The Hall–Kier alpha value is -12.5. The average molecular weight is 1820 g/mol. The first kappa shape index (κ1) is 101. The largest absolute Gasteiger partial charge is 0.508 e. The topological polar surface area (TPSA) is 617 Å². The van der Waals surface area contributed by atoms with Crippen LogP contribution in [-0.2, 0) is 101 Å². The molecule has 41 nitrogen and oxygen atoms in total. The van der Waals surface area contributed by atoms with Crippen molar-refractivity contribution in [1.29, 1.82) is 5.41 Å². The molecule has 2 aromatic heterocycles. The Kier molecular flexibility index (Phi) is 37.7. The monoisotopic (exact) mass is 1820 g/mol. The van der Waals surface area contributed by atoms with Crippen molar-refractivity contribution in [2.75, 3.05) is 72.0 Å². The molecule has 17 amide bonds. The van der Waals surface area contributed by atoms with Crippen LogP contribution in [0.5, 0.6) is 5.75 Å². The molecule has 0 radical (unpaired) electrons. The van der Waals surface area contributed by atoms with Gasteiger partial charge in [-0.15, -0.1) is 23.1 Å². The van der Waals surface area contributed by atoms with Gasteiger partial charge in [0, 0.05) is 87.6 Å². The zero-order chi connectivity index (χ0) is 93.9. The first-order valence-corrected chi connectivity index (χ1v) is 44.5. The molecule has 22 N–H and O–H groups in total. The molecule has 3 aromatic carbocycles. The molecule has 0 aliphatic carbocycles. The van der Waals surface area contributed by atoms with E-state index in [-0.39, 0.29) is 102 Å². The van der Waals surface area contributed by atoms with E-state index in [0.717, 1.165) is 36.1 Å². The molecule has 3 aliphatic heterocycles. The fourth-order valence-electron chi connectivity index (χ4n) is 15.4. The maximum Gasteiger partial charge on any atom is 0.246 e. The van der Waals surface area contributed by atoms with Crippen molar-refractivity contribution >= 4 is 150 Å². The number of phenols is 1. The molecule has 0 saturated carbocycles. The number of likely N-dealkylation sites (N-methyl/N-ethyl adjacent to an activating group) is 3. The smallest absolute Gasteiger partial charge is 0.246 e. The number of H-pyrrole nitrogens is 1. The lowest BCUT2D eigenvalue weighted by Crippen LogP contribution is -2.61. The van der Waals surface area contributed by atoms with Gasteiger partial charge in [-0.2, -0.15) is 0 Å². The third-order valence-electron chi connectivity index (χ3n) is 22.7. The fourth-order valence-corrected chi connectivity index (χ4v) is 17.2. The summed E-state index contributed by atoms with van der Waals surface area (Å²) >= 11 is 2.10. The van der Waals surface area contributed by atoms with Crippen LogP contribution in [0.3, 0.4) is 0 Å². The van der Waals surface area contributed by atoms with Crippen molar-refractivity contribution in [1.82, 2.24) is 88.0 Å². The standard InChI is InChI=1S/C85H119N21O20S2/c1-9-10-22-66-84(126)103(7)47(5)71(113)94-55(21-15-30-90-85(88)89)74(116)101-63(73(115)92-39-69(87)111)43-127-44-70(112)93-58(34-48-26-28-51(109)29-27-48)80(122)102(6)46(4)72(114)96-60(37-68(86)110)83(125)106-32-17-24-65(106)79(121)100-62(41-108)77(119)97-57(33-45(2)3)82(124)105-31-16-23-64(105)78(120)95-56(35-49-38-91-54-20-13-11-18-52(49)54)75(117)99-61(40-107)76(118)98-59(81(123)104(66)8)36-50-42-128-67-25-14-12-19-53(50)67/h11-14,18-20,25-29,38,42,45-47,55-66,91,107-109H,9-10,15-17,21-24,30-37,39-41,43-44H2,1-8H3,(H2,86,110)(H2,87,111)(H,92,115)(H,93,112)(H,94,113)(H,95,120)(H,96,114)(H,97,119)(H,98,118)(H,99,117)(H,100,121)(H,101,116)(H4,88,89,90)/t46-,47-,55-,56-,57-,58-,59-,60-,61-,62-,63?,64-,65-,66-/m0/s1. The van der Waals surface area contributed by atoms with E-state index in [9.17, 15) is 68.1 Å². The van der Waals surface area contributed by atoms with E-state index in [1.54, 1.807) is 55.8 Å². The summed E-state index contributed by atoms with van der Waals surface area (Å²) in [6.45, 7) is 4.94. The van der Waals surface area contributed by atoms with Crippen LogP contribution in [0, 0.1) is 11.3 Å². The van der Waals surface area contributed by atoms with Gasteiger partial charge >= 0.3 is 0 Å². The highest BCUT2D eigenvalue weighted by atomic mass is 32.2. The van der Waals surface area contributed by atoms with Crippen molar-refractivity contribution in [3.8, 4) is 5.75 Å². The maximum absolute atomic E-state index is 15.5. The third kappa shape index (κ3) is 27.7. The number of nitrogens with zero attached hydrogens (tertiary/aromatic N) is 5. The van der Waals surface area contributed by atoms with Crippen molar-refractivity contribution < 1.29 is 96.8 Å². The molecule has 43 heteroatoms. The van der Waals surface area contributed by atoms with E-state index >= 15 is 28.8 Å². The summed E-state index contributed by atoms with van der Waals surface area (Å²) in [5.41, 5.74) is 18.8. The van der Waals surface area contributed by atoms with Gasteiger partial charge < -0.3 is 120 Å². The number of carbonyl (C=O) groups excluding carboxylic acids is 17.